The number of fused-ring (bicyclic) bond motifs is 1. The highest BCUT2D eigenvalue weighted by Gasteiger charge is 2.33. The van der Waals surface area contributed by atoms with Gasteiger partial charge in [-0.2, -0.15) is 0 Å². The Morgan fingerprint density at radius 2 is 1.68 bits per heavy atom. The van der Waals surface area contributed by atoms with Crippen molar-refractivity contribution >= 4 is 46.6 Å². The Morgan fingerprint density at radius 1 is 1.00 bits per heavy atom. The molecular weight excluding hydrogens is 583 g/mol. The molecule has 0 saturated carbocycles. The first kappa shape index (κ1) is 28.7. The van der Waals surface area contributed by atoms with Gasteiger partial charge < -0.3 is 14.2 Å². The number of carbonyl (C=O) groups is 1. The molecule has 1 aliphatic heterocycles. The van der Waals surface area contributed by atoms with Gasteiger partial charge in [0.15, 0.2) is 16.3 Å². The Kier molecular flexibility index (Phi) is 8.63. The smallest absolute Gasteiger partial charge is 0.338 e. The maximum absolute atomic E-state index is 13.8. The molecule has 0 radical (unpaired) electrons. The molecule has 210 valence electrons. The quantitative estimate of drug-likeness (QED) is 0.240. The van der Waals surface area contributed by atoms with Crippen molar-refractivity contribution in [2.75, 3.05) is 13.7 Å². The molecule has 1 aliphatic rings. The van der Waals surface area contributed by atoms with Crippen molar-refractivity contribution < 1.29 is 19.0 Å². The minimum absolute atomic E-state index is 0.274. The van der Waals surface area contributed by atoms with Crippen LogP contribution in [-0.2, 0) is 16.1 Å². The van der Waals surface area contributed by atoms with E-state index in [1.54, 1.807) is 37.3 Å². The molecule has 0 spiro atoms. The highest BCUT2D eigenvalue weighted by Crippen LogP contribution is 2.32. The zero-order chi connectivity index (χ0) is 29.1. The number of hydrogen-bond donors (Lipinski definition) is 0. The molecule has 41 heavy (non-hydrogen) atoms. The largest absolute Gasteiger partial charge is 0.490 e. The van der Waals surface area contributed by atoms with Crippen molar-refractivity contribution in [2.45, 2.75) is 26.5 Å². The summed E-state index contributed by atoms with van der Waals surface area (Å²) in [6, 6.07) is 19.3. The maximum Gasteiger partial charge on any atom is 0.338 e. The van der Waals surface area contributed by atoms with E-state index in [0.717, 1.165) is 16.7 Å². The molecule has 10 heteroatoms. The maximum atomic E-state index is 13.8. The van der Waals surface area contributed by atoms with Crippen LogP contribution in [0.15, 0.2) is 87.8 Å². The van der Waals surface area contributed by atoms with Crippen LogP contribution in [0.2, 0.25) is 10.0 Å². The van der Waals surface area contributed by atoms with E-state index in [1.165, 1.54) is 23.0 Å². The van der Waals surface area contributed by atoms with Crippen LogP contribution in [0.4, 0.5) is 0 Å². The molecule has 1 atom stereocenters. The van der Waals surface area contributed by atoms with Crippen molar-refractivity contribution in [3.63, 3.8) is 0 Å². The average Bonchev–Trinajstić information content (AvgIpc) is 3.27. The van der Waals surface area contributed by atoms with Gasteiger partial charge in [0.25, 0.3) is 5.56 Å². The van der Waals surface area contributed by atoms with Gasteiger partial charge in [-0.15, -0.1) is 0 Å². The van der Waals surface area contributed by atoms with Crippen LogP contribution in [0.3, 0.4) is 0 Å². The Labute approximate surface area is 250 Å². The summed E-state index contributed by atoms with van der Waals surface area (Å²) in [5.74, 6) is 0.600. The van der Waals surface area contributed by atoms with Gasteiger partial charge >= 0.3 is 5.97 Å². The van der Waals surface area contributed by atoms with Gasteiger partial charge in [0, 0.05) is 10.0 Å². The van der Waals surface area contributed by atoms with Crippen LogP contribution in [-0.4, -0.2) is 24.3 Å². The molecule has 5 rings (SSSR count). The summed E-state index contributed by atoms with van der Waals surface area (Å²) in [5.41, 5.74) is 2.96. The Balaban J connectivity index is 1.54. The zero-order valence-electron chi connectivity index (χ0n) is 22.5. The monoisotopic (exact) mass is 608 g/mol. The lowest BCUT2D eigenvalue weighted by molar-refractivity contribution is -0.136. The number of esters is 1. The van der Waals surface area contributed by atoms with Gasteiger partial charge in [0.05, 0.1) is 35.6 Å². The van der Waals surface area contributed by atoms with Crippen molar-refractivity contribution in [1.82, 2.24) is 4.57 Å². The second-order valence-electron chi connectivity index (χ2n) is 9.18. The van der Waals surface area contributed by atoms with Crippen molar-refractivity contribution in [3.05, 3.63) is 124 Å². The molecule has 0 unspecified atom stereocenters. The first-order valence-electron chi connectivity index (χ1n) is 12.8. The number of methoxy groups -OCH3 is 1. The van der Waals surface area contributed by atoms with E-state index in [-0.39, 0.29) is 5.56 Å². The number of ether oxygens (including phenoxy) is 3. The van der Waals surface area contributed by atoms with Gasteiger partial charge in [-0.3, -0.25) is 9.36 Å². The lowest BCUT2D eigenvalue weighted by atomic mass is 9.96. The van der Waals surface area contributed by atoms with E-state index in [0.29, 0.717) is 55.4 Å². The van der Waals surface area contributed by atoms with Crippen LogP contribution in [0.5, 0.6) is 11.5 Å². The number of nitrogens with zero attached hydrogens (tertiary/aromatic N) is 2. The third-order valence-corrected chi connectivity index (χ3v) is 7.97. The highest BCUT2D eigenvalue weighted by molar-refractivity contribution is 7.07. The van der Waals surface area contributed by atoms with E-state index < -0.39 is 12.0 Å². The molecule has 0 aliphatic carbocycles. The van der Waals surface area contributed by atoms with Crippen molar-refractivity contribution in [1.29, 1.82) is 0 Å². The lowest BCUT2D eigenvalue weighted by Gasteiger charge is -2.24. The average molecular weight is 610 g/mol. The Hall–Kier alpha value is -3.85. The molecule has 3 aromatic carbocycles. The number of allylic oxidation sites excluding steroid dienone is 1. The van der Waals surface area contributed by atoms with Crippen LogP contribution in [0.1, 0.15) is 36.6 Å². The fourth-order valence-electron chi connectivity index (χ4n) is 4.55. The Bertz CT molecular complexity index is 1810. The molecule has 0 bridgehead atoms. The van der Waals surface area contributed by atoms with Crippen LogP contribution in [0.25, 0.3) is 6.08 Å². The molecule has 0 N–H and O–H groups in total. The van der Waals surface area contributed by atoms with E-state index >= 15 is 0 Å². The summed E-state index contributed by atoms with van der Waals surface area (Å²) >= 11 is 13.3. The summed E-state index contributed by atoms with van der Waals surface area (Å²) in [6.45, 7) is 4.43. The molecule has 0 amide bonds. The number of halogens is 2. The number of benzene rings is 3. The normalized spacial score (nSPS) is 14.9. The molecule has 0 saturated heterocycles. The lowest BCUT2D eigenvalue weighted by Crippen LogP contribution is -2.39. The van der Waals surface area contributed by atoms with Gasteiger partial charge in [0.2, 0.25) is 0 Å². The summed E-state index contributed by atoms with van der Waals surface area (Å²) < 4.78 is 18.9. The summed E-state index contributed by atoms with van der Waals surface area (Å²) in [5, 5.41) is 1.21. The van der Waals surface area contributed by atoms with Crippen molar-refractivity contribution in [2.24, 2.45) is 4.99 Å². The van der Waals surface area contributed by atoms with E-state index in [2.05, 4.69) is 4.99 Å². The minimum Gasteiger partial charge on any atom is -0.490 e. The topological polar surface area (TPSA) is 79.1 Å². The number of rotatable bonds is 8. The fraction of sp³-hybridized carbons (Fsp3) is 0.194. The third-order valence-electron chi connectivity index (χ3n) is 6.49. The molecule has 1 aromatic heterocycles. The fourth-order valence-corrected chi connectivity index (χ4v) is 5.85. The zero-order valence-corrected chi connectivity index (χ0v) is 24.8. The van der Waals surface area contributed by atoms with E-state index in [9.17, 15) is 9.59 Å². The molecule has 2 heterocycles. The van der Waals surface area contributed by atoms with Crippen LogP contribution >= 0.6 is 34.5 Å². The first-order valence-corrected chi connectivity index (χ1v) is 14.4. The second kappa shape index (κ2) is 12.3. The SMILES string of the molecule is CCOc1cc(/C=c2\sc3n(c2=O)[C@H](c2ccc(Cl)cc2)C(C(=O)OC)=C(C)N=3)ccc1OCc1ccc(Cl)cc1. The number of thiazole rings is 1. The molecule has 7 nitrogen and oxygen atoms in total. The van der Waals surface area contributed by atoms with E-state index in [4.69, 9.17) is 37.4 Å². The molecule has 4 aromatic rings. The van der Waals surface area contributed by atoms with Crippen LogP contribution in [0, 0.1) is 0 Å². The minimum atomic E-state index is -0.708. The van der Waals surface area contributed by atoms with Crippen LogP contribution < -0.4 is 24.4 Å². The predicted octanol–water partition coefficient (Wildman–Crippen LogP) is 5.69. The van der Waals surface area contributed by atoms with E-state index in [1.807, 2.05) is 49.4 Å². The molecule has 0 fully saturated rings. The predicted molar refractivity (Wildman–Crippen MR) is 161 cm³/mol. The summed E-state index contributed by atoms with van der Waals surface area (Å²) in [4.78, 5) is 31.7. The second-order valence-corrected chi connectivity index (χ2v) is 11.1. The number of carbonyl (C=O) groups excluding carboxylic acids is 1. The summed E-state index contributed by atoms with van der Waals surface area (Å²) in [7, 11) is 1.31. The van der Waals surface area contributed by atoms with Gasteiger partial charge in [0.1, 0.15) is 6.61 Å². The van der Waals surface area contributed by atoms with Gasteiger partial charge in [-0.1, -0.05) is 64.9 Å². The molecular formula is C31H26Cl2N2O5S. The standard InChI is InChI=1S/C31H26Cl2N2O5S/c1-4-39-25-15-20(7-14-24(25)40-17-19-5-10-22(32)11-6-19)16-26-29(36)35-28(21-8-12-23(33)13-9-21)27(30(37)38-3)18(2)34-31(35)41-26/h5-16,28H,4,17H2,1-3H3/b26-16-/t28-/m1/s1. The summed E-state index contributed by atoms with van der Waals surface area (Å²) in [6.07, 6.45) is 1.78. The van der Waals surface area contributed by atoms with Gasteiger partial charge in [-0.25, -0.2) is 9.79 Å². The highest BCUT2D eigenvalue weighted by atomic mass is 35.5. The third kappa shape index (κ3) is 6.10. The Morgan fingerprint density at radius 3 is 2.34 bits per heavy atom. The number of hydrogen-bond acceptors (Lipinski definition) is 7. The number of aromatic nitrogens is 1. The first-order chi connectivity index (χ1) is 19.8. The van der Waals surface area contributed by atoms with Gasteiger partial charge in [-0.05, 0) is 73.0 Å². The van der Waals surface area contributed by atoms with Crippen molar-refractivity contribution in [3.8, 4) is 11.5 Å².